The van der Waals surface area contributed by atoms with Crippen molar-refractivity contribution < 1.29 is 14.3 Å². The van der Waals surface area contributed by atoms with Crippen molar-refractivity contribution in [3.63, 3.8) is 0 Å². The van der Waals surface area contributed by atoms with Gasteiger partial charge in [0.15, 0.2) is 0 Å². The van der Waals surface area contributed by atoms with E-state index >= 15 is 0 Å². The zero-order valence-electron chi connectivity index (χ0n) is 9.80. The van der Waals surface area contributed by atoms with Gasteiger partial charge >= 0.3 is 0 Å². The average Bonchev–Trinajstić information content (AvgIpc) is 2.15. The topological polar surface area (TPSA) is 54.4 Å². The zero-order chi connectivity index (χ0) is 12.3. The van der Waals surface area contributed by atoms with Crippen LogP contribution >= 0.6 is 7.37 Å². The van der Waals surface area contributed by atoms with Crippen LogP contribution in [0, 0.1) is 0 Å². The molecule has 88 valence electrons. The maximum atomic E-state index is 12.1. The summed E-state index contributed by atoms with van der Waals surface area (Å²) in [6, 6.07) is 7.04. The highest BCUT2D eigenvalue weighted by molar-refractivity contribution is 7.67. The van der Waals surface area contributed by atoms with E-state index in [4.69, 9.17) is 0 Å². The maximum absolute atomic E-state index is 12.1. The number of carbonyl (C=O) groups excluding carboxylic acids is 1. The molecule has 0 bridgehead atoms. The molecule has 4 heteroatoms. The van der Waals surface area contributed by atoms with Crippen molar-refractivity contribution in [2.24, 2.45) is 0 Å². The minimum atomic E-state index is -3.54. The standard InChI is InChI=1S/C12H17O3P/c1-9(2)11-6-4-5-7-12(11)16(14,15)8-10(3)13/h4-7,9H,8H2,1-3H3,(H,14,15). The molecule has 0 aliphatic rings. The molecule has 0 amide bonds. The Morgan fingerprint density at radius 3 is 2.44 bits per heavy atom. The Kier molecular flexibility index (Phi) is 4.06. The van der Waals surface area contributed by atoms with Crippen LogP contribution in [0.5, 0.6) is 0 Å². The zero-order valence-corrected chi connectivity index (χ0v) is 10.7. The average molecular weight is 240 g/mol. The molecule has 0 saturated heterocycles. The molecule has 0 aliphatic carbocycles. The number of benzene rings is 1. The molecule has 0 spiro atoms. The fourth-order valence-electron chi connectivity index (χ4n) is 1.68. The predicted octanol–water partition coefficient (Wildman–Crippen LogP) is 2.29. The first-order valence-corrected chi connectivity index (χ1v) is 7.10. The molecular weight excluding hydrogens is 223 g/mol. The summed E-state index contributed by atoms with van der Waals surface area (Å²) in [7, 11) is -3.54. The van der Waals surface area contributed by atoms with Gasteiger partial charge in [-0.15, -0.1) is 0 Å². The van der Waals surface area contributed by atoms with E-state index in [0.717, 1.165) is 5.56 Å². The minimum Gasteiger partial charge on any atom is -0.341 e. The van der Waals surface area contributed by atoms with Crippen LogP contribution in [0.2, 0.25) is 0 Å². The van der Waals surface area contributed by atoms with Crippen molar-refractivity contribution in [3.05, 3.63) is 29.8 Å². The van der Waals surface area contributed by atoms with Gasteiger partial charge in [0.05, 0.1) is 6.16 Å². The number of carbonyl (C=O) groups is 1. The van der Waals surface area contributed by atoms with E-state index in [0.29, 0.717) is 5.30 Å². The Hall–Kier alpha value is -0.920. The van der Waals surface area contributed by atoms with Crippen LogP contribution in [0.15, 0.2) is 24.3 Å². The third-order valence-corrected chi connectivity index (χ3v) is 4.41. The Bertz CT molecular complexity index is 438. The van der Waals surface area contributed by atoms with Crippen LogP contribution in [-0.2, 0) is 9.36 Å². The van der Waals surface area contributed by atoms with E-state index in [1.54, 1.807) is 12.1 Å². The second-order valence-electron chi connectivity index (χ2n) is 4.28. The molecule has 0 radical (unpaired) electrons. The van der Waals surface area contributed by atoms with Crippen molar-refractivity contribution in [2.45, 2.75) is 26.7 Å². The first-order chi connectivity index (χ1) is 7.34. The summed E-state index contributed by atoms with van der Waals surface area (Å²) in [5, 5.41) is 0.417. The molecule has 0 heterocycles. The quantitative estimate of drug-likeness (QED) is 0.821. The highest BCUT2D eigenvalue weighted by Gasteiger charge is 2.26. The summed E-state index contributed by atoms with van der Waals surface area (Å²) in [5.74, 6) is -0.0898. The molecule has 1 rings (SSSR count). The summed E-state index contributed by atoms with van der Waals surface area (Å²) in [4.78, 5) is 20.9. The van der Waals surface area contributed by atoms with E-state index in [9.17, 15) is 14.3 Å². The monoisotopic (exact) mass is 240 g/mol. The lowest BCUT2D eigenvalue weighted by Gasteiger charge is -2.16. The molecule has 16 heavy (non-hydrogen) atoms. The molecule has 1 N–H and O–H groups in total. The molecule has 0 fully saturated rings. The van der Waals surface area contributed by atoms with Crippen LogP contribution < -0.4 is 5.30 Å². The van der Waals surface area contributed by atoms with Gasteiger partial charge in [0.25, 0.3) is 0 Å². The molecular formula is C12H17O3P. The SMILES string of the molecule is CC(=O)CP(=O)(O)c1ccccc1C(C)C. The summed E-state index contributed by atoms with van der Waals surface area (Å²) in [6.07, 6.45) is -0.281. The van der Waals surface area contributed by atoms with Crippen molar-refractivity contribution in [1.29, 1.82) is 0 Å². The van der Waals surface area contributed by atoms with Crippen molar-refractivity contribution in [3.8, 4) is 0 Å². The van der Waals surface area contributed by atoms with E-state index in [1.165, 1.54) is 6.92 Å². The smallest absolute Gasteiger partial charge is 0.237 e. The van der Waals surface area contributed by atoms with Crippen LogP contribution in [0.4, 0.5) is 0 Å². The summed E-state index contributed by atoms with van der Waals surface area (Å²) in [5.41, 5.74) is 0.842. The summed E-state index contributed by atoms with van der Waals surface area (Å²) in [6.45, 7) is 5.26. The molecule has 1 aromatic rings. The van der Waals surface area contributed by atoms with Crippen molar-refractivity contribution in [2.75, 3.05) is 6.16 Å². The number of Topliss-reactive ketones (excluding diaryl/α,β-unsaturated/α-hetero) is 1. The predicted molar refractivity (Wildman–Crippen MR) is 65.5 cm³/mol. The Morgan fingerprint density at radius 1 is 1.38 bits per heavy atom. The van der Waals surface area contributed by atoms with Crippen LogP contribution in [0.3, 0.4) is 0 Å². The third-order valence-electron chi connectivity index (χ3n) is 2.37. The molecule has 1 unspecified atom stereocenters. The van der Waals surface area contributed by atoms with E-state index in [2.05, 4.69) is 0 Å². The van der Waals surface area contributed by atoms with E-state index < -0.39 is 7.37 Å². The summed E-state index contributed by atoms with van der Waals surface area (Å²) < 4.78 is 12.1. The second-order valence-corrected chi connectivity index (χ2v) is 6.48. The summed E-state index contributed by atoms with van der Waals surface area (Å²) >= 11 is 0. The molecule has 1 atom stereocenters. The number of ketones is 1. The van der Waals surface area contributed by atoms with Gasteiger partial charge in [-0.3, -0.25) is 9.36 Å². The first-order valence-electron chi connectivity index (χ1n) is 5.25. The van der Waals surface area contributed by atoms with Gasteiger partial charge in [-0.25, -0.2) is 0 Å². The Balaban J connectivity index is 3.21. The number of rotatable bonds is 4. The Morgan fingerprint density at radius 2 is 1.94 bits per heavy atom. The number of hydrogen-bond acceptors (Lipinski definition) is 2. The molecule has 0 aliphatic heterocycles. The maximum Gasteiger partial charge on any atom is 0.237 e. The lowest BCUT2D eigenvalue weighted by Crippen LogP contribution is -2.16. The molecule has 0 aromatic heterocycles. The van der Waals surface area contributed by atoms with Gasteiger partial charge in [0.1, 0.15) is 5.78 Å². The molecule has 0 saturated carbocycles. The van der Waals surface area contributed by atoms with Gasteiger partial charge < -0.3 is 4.89 Å². The molecule has 3 nitrogen and oxygen atoms in total. The first kappa shape index (κ1) is 13.1. The second kappa shape index (κ2) is 4.94. The van der Waals surface area contributed by atoms with Gasteiger partial charge in [-0.1, -0.05) is 32.0 Å². The minimum absolute atomic E-state index is 0.170. The van der Waals surface area contributed by atoms with Gasteiger partial charge in [-0.05, 0) is 24.5 Å². The fourth-order valence-corrected chi connectivity index (χ4v) is 3.51. The third kappa shape index (κ3) is 3.03. The van der Waals surface area contributed by atoms with Crippen LogP contribution in [-0.4, -0.2) is 16.8 Å². The van der Waals surface area contributed by atoms with Crippen LogP contribution in [0.25, 0.3) is 0 Å². The molecule has 1 aromatic carbocycles. The van der Waals surface area contributed by atoms with Gasteiger partial charge in [-0.2, -0.15) is 0 Å². The van der Waals surface area contributed by atoms with Crippen molar-refractivity contribution in [1.82, 2.24) is 0 Å². The normalized spacial score (nSPS) is 14.8. The van der Waals surface area contributed by atoms with E-state index in [1.807, 2.05) is 26.0 Å². The van der Waals surface area contributed by atoms with Gasteiger partial charge in [0.2, 0.25) is 7.37 Å². The largest absolute Gasteiger partial charge is 0.341 e. The Labute approximate surface area is 96.0 Å². The van der Waals surface area contributed by atoms with Crippen LogP contribution in [0.1, 0.15) is 32.3 Å². The number of hydrogen-bond donors (Lipinski definition) is 1. The lowest BCUT2D eigenvalue weighted by molar-refractivity contribution is -0.114. The van der Waals surface area contributed by atoms with E-state index in [-0.39, 0.29) is 17.9 Å². The lowest BCUT2D eigenvalue weighted by atomic mass is 10.0. The fraction of sp³-hybridized carbons (Fsp3) is 0.417. The van der Waals surface area contributed by atoms with Crippen molar-refractivity contribution >= 4 is 18.5 Å². The highest BCUT2D eigenvalue weighted by atomic mass is 31.2. The highest BCUT2D eigenvalue weighted by Crippen LogP contribution is 2.41. The van der Waals surface area contributed by atoms with Gasteiger partial charge in [0, 0.05) is 5.30 Å².